The van der Waals surface area contributed by atoms with Crippen LogP contribution in [0.5, 0.6) is 0 Å². The molecular weight excluding hydrogens is 905 g/mol. The molecule has 12 aromatic carbocycles. The first-order valence-electron chi connectivity index (χ1n) is 26.4. The van der Waals surface area contributed by atoms with E-state index >= 15 is 0 Å². The number of fused-ring (bicyclic) bond motifs is 14. The number of hydrogen-bond donors (Lipinski definition) is 0. The molecule has 0 bridgehead atoms. The quantitative estimate of drug-likeness (QED) is 0.157. The number of benzene rings is 12. The van der Waals surface area contributed by atoms with E-state index in [2.05, 4.69) is 276 Å². The SMILES string of the molecule is c1ccc(-n2c3ccccc3c3cc(-c4ccc(-c5ccc6c(c5)C5(CCc7cc8ccccc8cc75)c5cc(-c7ccc(-c8ccc9c(c8)c8ccccc8n9-c8ccccc8)cc7)ccc5-6)cc4)ccc32)cc1. The molecule has 0 N–H and O–H groups in total. The van der Waals surface area contributed by atoms with Crippen LogP contribution in [0.3, 0.4) is 0 Å². The summed E-state index contributed by atoms with van der Waals surface area (Å²) in [7, 11) is 0. The van der Waals surface area contributed by atoms with E-state index < -0.39 is 0 Å². The van der Waals surface area contributed by atoms with Gasteiger partial charge >= 0.3 is 0 Å². The number of nitrogens with zero attached hydrogens (tertiary/aromatic N) is 2. The second kappa shape index (κ2) is 16.3. The van der Waals surface area contributed by atoms with E-state index in [1.54, 1.807) is 0 Å². The van der Waals surface area contributed by atoms with Crippen molar-refractivity contribution in [1.82, 2.24) is 9.13 Å². The van der Waals surface area contributed by atoms with Gasteiger partial charge in [-0.25, -0.2) is 0 Å². The van der Waals surface area contributed by atoms with Gasteiger partial charge in [0.25, 0.3) is 0 Å². The summed E-state index contributed by atoms with van der Waals surface area (Å²) in [4.78, 5) is 0. The van der Waals surface area contributed by atoms with Crippen LogP contribution < -0.4 is 0 Å². The maximum atomic E-state index is 2.53. The van der Waals surface area contributed by atoms with E-state index in [4.69, 9.17) is 0 Å². The molecule has 0 saturated heterocycles. The highest BCUT2D eigenvalue weighted by molar-refractivity contribution is 6.12. The lowest BCUT2D eigenvalue weighted by molar-refractivity contribution is 0.627. The van der Waals surface area contributed by atoms with Gasteiger partial charge in [0.1, 0.15) is 0 Å². The highest BCUT2D eigenvalue weighted by Crippen LogP contribution is 2.60. The monoisotopic (exact) mass is 952 g/mol. The van der Waals surface area contributed by atoms with E-state index in [9.17, 15) is 0 Å². The van der Waals surface area contributed by atoms with E-state index in [-0.39, 0.29) is 5.41 Å². The van der Waals surface area contributed by atoms with Crippen molar-refractivity contribution in [1.29, 1.82) is 0 Å². The zero-order valence-electron chi connectivity index (χ0n) is 41.2. The fourth-order valence-electron chi connectivity index (χ4n) is 13.4. The van der Waals surface area contributed by atoms with Gasteiger partial charge in [0, 0.05) is 38.3 Å². The van der Waals surface area contributed by atoms with Crippen LogP contribution in [-0.2, 0) is 11.8 Å². The lowest BCUT2D eigenvalue weighted by Gasteiger charge is -2.29. The Morgan fingerprint density at radius 2 is 0.640 bits per heavy atom. The zero-order valence-corrected chi connectivity index (χ0v) is 41.2. The van der Waals surface area contributed by atoms with Gasteiger partial charge in [-0.15, -0.1) is 0 Å². The number of rotatable bonds is 6. The van der Waals surface area contributed by atoms with Crippen LogP contribution in [-0.4, -0.2) is 9.13 Å². The fraction of sp³-hybridized carbons (Fsp3) is 0.0411. The molecule has 0 aliphatic heterocycles. The Morgan fingerprint density at radius 1 is 0.267 bits per heavy atom. The molecule has 2 nitrogen and oxygen atoms in total. The molecule has 2 heteroatoms. The molecule has 0 atom stereocenters. The van der Waals surface area contributed by atoms with Crippen molar-refractivity contribution in [2.24, 2.45) is 0 Å². The van der Waals surface area contributed by atoms with Gasteiger partial charge in [-0.05, 0) is 180 Å². The van der Waals surface area contributed by atoms with Gasteiger partial charge in [-0.3, -0.25) is 0 Å². The van der Waals surface area contributed by atoms with Crippen LogP contribution >= 0.6 is 0 Å². The van der Waals surface area contributed by atoms with Crippen LogP contribution in [0.1, 0.15) is 28.7 Å². The summed E-state index contributed by atoms with van der Waals surface area (Å²) in [6.07, 6.45) is 2.08. The Balaban J connectivity index is 0.766. The fourth-order valence-corrected chi connectivity index (χ4v) is 13.4. The van der Waals surface area contributed by atoms with Crippen molar-refractivity contribution in [3.63, 3.8) is 0 Å². The summed E-state index contributed by atoms with van der Waals surface area (Å²) >= 11 is 0. The summed E-state index contributed by atoms with van der Waals surface area (Å²) in [5.41, 5.74) is 25.3. The van der Waals surface area contributed by atoms with E-state index in [0.29, 0.717) is 0 Å². The van der Waals surface area contributed by atoms with Gasteiger partial charge in [-0.1, -0.05) is 188 Å². The third-order valence-electron chi connectivity index (χ3n) is 16.9. The average Bonchev–Trinajstić information content (AvgIpc) is 4.33. The predicted octanol–water partition coefficient (Wildman–Crippen LogP) is 19.0. The molecular formula is C73H48N2. The molecule has 0 amide bonds. The average molecular weight is 953 g/mol. The first-order valence-corrected chi connectivity index (χ1v) is 26.4. The van der Waals surface area contributed by atoms with Crippen LogP contribution in [0, 0.1) is 0 Å². The van der Waals surface area contributed by atoms with Crippen molar-refractivity contribution >= 4 is 54.4 Å². The first-order chi connectivity index (χ1) is 37.1. The molecule has 75 heavy (non-hydrogen) atoms. The zero-order chi connectivity index (χ0) is 49.2. The van der Waals surface area contributed by atoms with E-state index in [1.807, 2.05) is 0 Å². The molecule has 0 unspecified atom stereocenters. The van der Waals surface area contributed by atoms with Gasteiger partial charge < -0.3 is 9.13 Å². The molecule has 2 heterocycles. The highest BCUT2D eigenvalue weighted by atomic mass is 15.0. The van der Waals surface area contributed by atoms with Crippen LogP contribution in [0.25, 0.3) is 121 Å². The van der Waals surface area contributed by atoms with E-state index in [1.165, 1.54) is 144 Å². The molecule has 0 saturated carbocycles. The minimum atomic E-state index is -0.265. The third kappa shape index (κ3) is 6.33. The molecule has 16 rings (SSSR count). The number of para-hydroxylation sites is 4. The maximum absolute atomic E-state index is 2.53. The minimum absolute atomic E-state index is 0.265. The van der Waals surface area contributed by atoms with Crippen LogP contribution in [0.4, 0.5) is 0 Å². The Hall–Kier alpha value is -9.50. The smallest absolute Gasteiger partial charge is 0.0541 e. The minimum Gasteiger partial charge on any atom is -0.309 e. The normalized spacial score (nSPS) is 13.3. The van der Waals surface area contributed by atoms with Gasteiger partial charge in [0.05, 0.1) is 22.1 Å². The standard InChI is InChI=1S/C73H48N2/c1-3-15-58(16-4-1)74-69-21-11-9-19-62(69)64-42-53(33-37-71(64)74)47-23-27-49(28-24-47)55-31-35-60-61-36-32-56(46-68(61)73(67(60)45-55)40-39-57-41-51-13-7-8-14-52(51)44-66(57)73)50-29-25-48(26-30-50)54-34-38-72-65(43-54)63-20-10-12-22-70(63)75(72)59-17-5-2-6-18-59/h1-38,41-46H,39-40H2. The van der Waals surface area contributed by atoms with Gasteiger partial charge in [0.15, 0.2) is 0 Å². The molecule has 14 aromatic rings. The summed E-state index contributed by atoms with van der Waals surface area (Å²) in [6, 6.07) is 99.8. The maximum Gasteiger partial charge on any atom is 0.0541 e. The first kappa shape index (κ1) is 42.1. The lowest BCUT2D eigenvalue weighted by atomic mass is 9.72. The Labute approximate surface area is 435 Å². The summed E-state index contributed by atoms with van der Waals surface area (Å²) in [5.74, 6) is 0. The van der Waals surface area contributed by atoms with Crippen LogP contribution in [0.2, 0.25) is 0 Å². The lowest BCUT2D eigenvalue weighted by Crippen LogP contribution is -2.23. The molecule has 350 valence electrons. The second-order valence-corrected chi connectivity index (χ2v) is 20.8. The Morgan fingerprint density at radius 3 is 1.12 bits per heavy atom. The molecule has 0 radical (unpaired) electrons. The summed E-state index contributed by atoms with van der Waals surface area (Å²) in [5, 5.41) is 7.68. The molecule has 2 aromatic heterocycles. The molecule has 1 spiro atoms. The molecule has 0 fully saturated rings. The van der Waals surface area contributed by atoms with Crippen molar-refractivity contribution in [2.75, 3.05) is 0 Å². The van der Waals surface area contributed by atoms with E-state index in [0.717, 1.165) is 12.8 Å². The molecule has 2 aliphatic rings. The largest absolute Gasteiger partial charge is 0.309 e. The number of aryl methyl sites for hydroxylation is 1. The molecule has 2 aliphatic carbocycles. The summed E-state index contributed by atoms with van der Waals surface area (Å²) in [6.45, 7) is 0. The Bertz CT molecular complexity index is 4360. The van der Waals surface area contributed by atoms with Crippen molar-refractivity contribution in [3.05, 3.63) is 289 Å². The Kier molecular flexibility index (Phi) is 9.11. The topological polar surface area (TPSA) is 9.86 Å². The number of aromatic nitrogens is 2. The predicted molar refractivity (Wildman–Crippen MR) is 314 cm³/mol. The van der Waals surface area contributed by atoms with Crippen LogP contribution in [0.15, 0.2) is 267 Å². The summed E-state index contributed by atoms with van der Waals surface area (Å²) < 4.78 is 4.77. The van der Waals surface area contributed by atoms with Crippen molar-refractivity contribution < 1.29 is 0 Å². The second-order valence-electron chi connectivity index (χ2n) is 20.8. The third-order valence-corrected chi connectivity index (χ3v) is 16.9. The number of hydrogen-bond acceptors (Lipinski definition) is 0. The van der Waals surface area contributed by atoms with Gasteiger partial charge in [0.2, 0.25) is 0 Å². The van der Waals surface area contributed by atoms with Crippen molar-refractivity contribution in [3.8, 4) is 67.0 Å². The van der Waals surface area contributed by atoms with Crippen molar-refractivity contribution in [2.45, 2.75) is 18.3 Å². The highest BCUT2D eigenvalue weighted by Gasteiger charge is 2.49. The van der Waals surface area contributed by atoms with Gasteiger partial charge in [-0.2, -0.15) is 0 Å².